The molecule has 0 aromatic heterocycles. The second kappa shape index (κ2) is 9.67. The van der Waals surface area contributed by atoms with E-state index in [1.807, 2.05) is 0 Å². The lowest BCUT2D eigenvalue weighted by Gasteiger charge is -2.44. The summed E-state index contributed by atoms with van der Waals surface area (Å²) in [4.78, 5) is 15.3. The number of likely N-dealkylation sites (tertiary alicyclic amines) is 1. The van der Waals surface area contributed by atoms with Crippen molar-refractivity contribution in [2.45, 2.75) is 82.6 Å². The number of carbonyl (C=O) groups is 1. The van der Waals surface area contributed by atoms with Gasteiger partial charge in [-0.05, 0) is 88.0 Å². The standard InChI is InChI=1S/C22H40BN3O3/c24-14-15-2-1-3-18(12-15)16-8-10-26(11-9-16)22(27)19-5-4-17-6-7-21(23(28)29)25-20(17)13-19/h15-21,25,28-29H,1-14,24H2. The van der Waals surface area contributed by atoms with Crippen LogP contribution in [0.2, 0.25) is 0 Å². The van der Waals surface area contributed by atoms with E-state index in [1.165, 1.54) is 25.7 Å². The molecule has 4 rings (SSSR count). The van der Waals surface area contributed by atoms with E-state index in [4.69, 9.17) is 5.73 Å². The van der Waals surface area contributed by atoms with Crippen LogP contribution in [0.1, 0.15) is 70.6 Å². The molecule has 29 heavy (non-hydrogen) atoms. The van der Waals surface area contributed by atoms with Crippen molar-refractivity contribution in [2.24, 2.45) is 35.3 Å². The molecule has 2 saturated heterocycles. The summed E-state index contributed by atoms with van der Waals surface area (Å²) in [6.45, 7) is 2.67. The maximum atomic E-state index is 13.2. The number of carbonyl (C=O) groups excluding carboxylic acids is 1. The number of nitrogens with zero attached hydrogens (tertiary/aromatic N) is 1. The Labute approximate surface area is 176 Å². The van der Waals surface area contributed by atoms with Gasteiger partial charge in [-0.25, -0.2) is 0 Å². The molecule has 0 aromatic rings. The highest BCUT2D eigenvalue weighted by molar-refractivity contribution is 6.43. The van der Waals surface area contributed by atoms with Gasteiger partial charge in [0.2, 0.25) is 5.91 Å². The fraction of sp³-hybridized carbons (Fsp3) is 0.955. The van der Waals surface area contributed by atoms with Crippen molar-refractivity contribution in [1.82, 2.24) is 10.2 Å². The largest absolute Gasteiger partial charge is 0.469 e. The average molecular weight is 405 g/mol. The molecule has 5 N–H and O–H groups in total. The summed E-state index contributed by atoms with van der Waals surface area (Å²) < 4.78 is 0. The van der Waals surface area contributed by atoms with Crippen molar-refractivity contribution in [2.75, 3.05) is 19.6 Å². The Bertz CT molecular complexity index is 555. The normalized spacial score (nSPS) is 39.1. The summed E-state index contributed by atoms with van der Waals surface area (Å²) in [6.07, 6.45) is 12.4. The first-order chi connectivity index (χ1) is 14.0. The predicted octanol–water partition coefficient (Wildman–Crippen LogP) is 1.54. The smallest absolute Gasteiger partial charge is 0.426 e. The SMILES string of the molecule is NCC1CCCC(C2CCN(C(=O)C3CCC4CCC(B(O)O)NC4C3)CC2)C1. The van der Waals surface area contributed by atoms with E-state index in [0.29, 0.717) is 17.7 Å². The van der Waals surface area contributed by atoms with E-state index in [1.54, 1.807) is 0 Å². The molecule has 4 aliphatic rings. The van der Waals surface area contributed by atoms with E-state index in [0.717, 1.165) is 76.4 Å². The van der Waals surface area contributed by atoms with Crippen molar-refractivity contribution >= 4 is 13.0 Å². The molecule has 0 radical (unpaired) electrons. The van der Waals surface area contributed by atoms with Crippen molar-refractivity contribution in [3.05, 3.63) is 0 Å². The Hall–Kier alpha value is -0.625. The van der Waals surface area contributed by atoms with Crippen LogP contribution in [0.5, 0.6) is 0 Å². The third kappa shape index (κ3) is 5.00. The lowest BCUT2D eigenvalue weighted by molar-refractivity contribution is -0.139. The molecular weight excluding hydrogens is 365 g/mol. The minimum absolute atomic E-state index is 0.103. The first-order valence-electron chi connectivity index (χ1n) is 12.2. The fourth-order valence-corrected chi connectivity index (χ4v) is 6.82. The summed E-state index contributed by atoms with van der Waals surface area (Å²) in [7, 11) is -1.30. The van der Waals surface area contributed by atoms with Gasteiger partial charge in [0.05, 0.1) is 0 Å². The molecular formula is C22H40BN3O3. The Morgan fingerprint density at radius 1 is 0.931 bits per heavy atom. The monoisotopic (exact) mass is 405 g/mol. The summed E-state index contributed by atoms with van der Waals surface area (Å²) in [5, 5.41) is 22.5. The number of hydrogen-bond acceptors (Lipinski definition) is 5. The molecule has 164 valence electrons. The number of hydrogen-bond donors (Lipinski definition) is 4. The lowest BCUT2D eigenvalue weighted by Crippen LogP contribution is -2.57. The Morgan fingerprint density at radius 2 is 1.69 bits per heavy atom. The molecule has 2 saturated carbocycles. The Balaban J connectivity index is 1.26. The van der Waals surface area contributed by atoms with Gasteiger partial charge in [0.1, 0.15) is 0 Å². The Kier molecular flexibility index (Phi) is 7.20. The molecule has 6 unspecified atom stereocenters. The van der Waals surface area contributed by atoms with Crippen LogP contribution in [-0.2, 0) is 4.79 Å². The first kappa shape index (κ1) is 21.6. The molecule has 0 spiro atoms. The van der Waals surface area contributed by atoms with E-state index < -0.39 is 7.12 Å². The zero-order valence-electron chi connectivity index (χ0n) is 17.8. The van der Waals surface area contributed by atoms with Gasteiger partial charge in [0.25, 0.3) is 0 Å². The maximum Gasteiger partial charge on any atom is 0.469 e. The topological polar surface area (TPSA) is 98.8 Å². The fourth-order valence-electron chi connectivity index (χ4n) is 6.82. The summed E-state index contributed by atoms with van der Waals surface area (Å²) in [6, 6.07) is 0.256. The van der Waals surface area contributed by atoms with Crippen molar-refractivity contribution < 1.29 is 14.8 Å². The van der Waals surface area contributed by atoms with E-state index in [9.17, 15) is 14.8 Å². The van der Waals surface area contributed by atoms with Crippen LogP contribution in [0.4, 0.5) is 0 Å². The number of rotatable bonds is 4. The third-order valence-electron chi connectivity index (χ3n) is 8.65. The summed E-state index contributed by atoms with van der Waals surface area (Å²) in [5.74, 6) is 3.10. The predicted molar refractivity (Wildman–Crippen MR) is 115 cm³/mol. The molecule has 0 aromatic carbocycles. The number of piperidine rings is 2. The van der Waals surface area contributed by atoms with Crippen LogP contribution < -0.4 is 11.1 Å². The zero-order valence-corrected chi connectivity index (χ0v) is 17.8. The minimum atomic E-state index is -1.30. The van der Waals surface area contributed by atoms with Crippen LogP contribution >= 0.6 is 0 Å². The lowest BCUT2D eigenvalue weighted by atomic mass is 9.66. The van der Waals surface area contributed by atoms with E-state index in [2.05, 4.69) is 10.2 Å². The first-order valence-corrected chi connectivity index (χ1v) is 12.2. The van der Waals surface area contributed by atoms with E-state index in [-0.39, 0.29) is 17.9 Å². The van der Waals surface area contributed by atoms with Gasteiger partial charge in [-0.15, -0.1) is 0 Å². The van der Waals surface area contributed by atoms with Crippen LogP contribution in [0.15, 0.2) is 0 Å². The number of fused-ring (bicyclic) bond motifs is 1. The molecule has 2 aliphatic heterocycles. The van der Waals surface area contributed by atoms with Gasteiger partial charge < -0.3 is 26.0 Å². The average Bonchev–Trinajstić information content (AvgIpc) is 2.78. The molecule has 0 bridgehead atoms. The van der Waals surface area contributed by atoms with Crippen molar-refractivity contribution in [1.29, 1.82) is 0 Å². The highest BCUT2D eigenvalue weighted by Gasteiger charge is 2.41. The molecule has 6 atom stereocenters. The highest BCUT2D eigenvalue weighted by Crippen LogP contribution is 2.40. The molecule has 2 aliphatic carbocycles. The van der Waals surface area contributed by atoms with Gasteiger partial charge in [-0.3, -0.25) is 4.79 Å². The molecule has 7 heteroatoms. The van der Waals surface area contributed by atoms with Gasteiger partial charge in [-0.1, -0.05) is 12.8 Å². The zero-order chi connectivity index (χ0) is 20.4. The van der Waals surface area contributed by atoms with Crippen molar-refractivity contribution in [3.8, 4) is 0 Å². The van der Waals surface area contributed by atoms with Gasteiger partial charge in [0, 0.05) is 31.0 Å². The van der Waals surface area contributed by atoms with Crippen molar-refractivity contribution in [3.63, 3.8) is 0 Å². The molecule has 1 amide bonds. The molecule has 4 fully saturated rings. The van der Waals surface area contributed by atoms with Crippen LogP contribution in [0.3, 0.4) is 0 Å². The van der Waals surface area contributed by atoms with Gasteiger partial charge >= 0.3 is 7.12 Å². The Morgan fingerprint density at radius 3 is 2.41 bits per heavy atom. The van der Waals surface area contributed by atoms with Gasteiger partial charge in [-0.2, -0.15) is 0 Å². The number of nitrogens with two attached hydrogens (primary N) is 1. The van der Waals surface area contributed by atoms with Crippen LogP contribution in [-0.4, -0.2) is 59.6 Å². The minimum Gasteiger partial charge on any atom is -0.426 e. The molecule has 6 nitrogen and oxygen atoms in total. The van der Waals surface area contributed by atoms with E-state index >= 15 is 0 Å². The second-order valence-corrected chi connectivity index (χ2v) is 10.3. The maximum absolute atomic E-state index is 13.2. The van der Waals surface area contributed by atoms with Crippen LogP contribution in [0, 0.1) is 29.6 Å². The van der Waals surface area contributed by atoms with Gasteiger partial charge in [0.15, 0.2) is 0 Å². The third-order valence-corrected chi connectivity index (χ3v) is 8.65. The van der Waals surface area contributed by atoms with Crippen LogP contribution in [0.25, 0.3) is 0 Å². The number of amides is 1. The molecule has 2 heterocycles. The summed E-state index contributed by atoms with van der Waals surface area (Å²) in [5.41, 5.74) is 5.93. The quantitative estimate of drug-likeness (QED) is 0.532. The highest BCUT2D eigenvalue weighted by atomic mass is 16.4. The second-order valence-electron chi connectivity index (χ2n) is 10.3. The number of nitrogens with one attached hydrogen (secondary N) is 1. The summed E-state index contributed by atoms with van der Waals surface area (Å²) >= 11 is 0.